The van der Waals surface area contributed by atoms with Gasteiger partial charge in [-0.2, -0.15) is 0 Å². The predicted octanol–water partition coefficient (Wildman–Crippen LogP) is 3.80. The Morgan fingerprint density at radius 3 is 2.54 bits per heavy atom. The standard InChI is InChI=1S/C22H27FN2O/c23-20-7-10-22(11-8-20)26-13-12-25-16-19-6-9-21(25)17-24(15-19)14-18-4-2-1-3-5-18/h1-5,7-8,10-11,19,21H,6,9,12-17H2/t19-,21+/m0/s1. The minimum absolute atomic E-state index is 0.222. The van der Waals surface area contributed by atoms with Crippen molar-refractivity contribution in [3.05, 3.63) is 66.0 Å². The van der Waals surface area contributed by atoms with Crippen LogP contribution in [0.25, 0.3) is 0 Å². The van der Waals surface area contributed by atoms with Gasteiger partial charge in [0.05, 0.1) is 0 Å². The first kappa shape index (κ1) is 17.5. The van der Waals surface area contributed by atoms with E-state index in [1.807, 2.05) is 0 Å². The molecule has 3 aliphatic heterocycles. The van der Waals surface area contributed by atoms with Gasteiger partial charge in [0.25, 0.3) is 0 Å². The lowest BCUT2D eigenvalue weighted by Gasteiger charge is -2.36. The number of rotatable bonds is 6. The van der Waals surface area contributed by atoms with E-state index in [1.165, 1.54) is 43.6 Å². The van der Waals surface area contributed by atoms with Gasteiger partial charge in [-0.15, -0.1) is 0 Å². The topological polar surface area (TPSA) is 15.7 Å². The van der Waals surface area contributed by atoms with Gasteiger partial charge in [0.15, 0.2) is 0 Å². The van der Waals surface area contributed by atoms with Gasteiger partial charge in [-0.05, 0) is 48.6 Å². The Morgan fingerprint density at radius 2 is 1.73 bits per heavy atom. The first-order valence-corrected chi connectivity index (χ1v) is 9.65. The first-order valence-electron chi connectivity index (χ1n) is 9.65. The van der Waals surface area contributed by atoms with E-state index < -0.39 is 0 Å². The summed E-state index contributed by atoms with van der Waals surface area (Å²) in [5.41, 5.74) is 1.40. The quantitative estimate of drug-likeness (QED) is 0.785. The number of piperidine rings is 1. The lowest BCUT2D eigenvalue weighted by atomic mass is 9.95. The van der Waals surface area contributed by atoms with Crippen LogP contribution in [0.5, 0.6) is 5.75 Å². The summed E-state index contributed by atoms with van der Waals surface area (Å²) in [5.74, 6) is 1.28. The van der Waals surface area contributed by atoms with Crippen molar-refractivity contribution in [2.24, 2.45) is 5.92 Å². The average molecular weight is 354 g/mol. The summed E-state index contributed by atoms with van der Waals surface area (Å²) in [6.07, 6.45) is 2.62. The van der Waals surface area contributed by atoms with E-state index in [0.29, 0.717) is 12.6 Å². The fraction of sp³-hybridized carbons (Fsp3) is 0.455. The maximum atomic E-state index is 13.0. The summed E-state index contributed by atoms with van der Waals surface area (Å²) >= 11 is 0. The average Bonchev–Trinajstić information content (AvgIpc) is 2.95. The predicted molar refractivity (Wildman–Crippen MR) is 102 cm³/mol. The molecule has 3 saturated heterocycles. The second kappa shape index (κ2) is 8.19. The van der Waals surface area contributed by atoms with E-state index in [2.05, 4.69) is 40.1 Å². The Balaban J connectivity index is 1.31. The van der Waals surface area contributed by atoms with Crippen LogP contribution in [0.2, 0.25) is 0 Å². The molecule has 3 nitrogen and oxygen atoms in total. The van der Waals surface area contributed by atoms with Crippen LogP contribution in [0.4, 0.5) is 4.39 Å². The zero-order valence-corrected chi connectivity index (χ0v) is 15.2. The van der Waals surface area contributed by atoms with Crippen LogP contribution in [0.15, 0.2) is 54.6 Å². The molecule has 2 bridgehead atoms. The van der Waals surface area contributed by atoms with Crippen LogP contribution in [0.1, 0.15) is 18.4 Å². The molecule has 2 atom stereocenters. The third kappa shape index (κ3) is 4.43. The monoisotopic (exact) mass is 354 g/mol. The highest BCUT2D eigenvalue weighted by Crippen LogP contribution is 2.28. The first-order chi connectivity index (χ1) is 12.8. The molecule has 3 aliphatic rings. The maximum Gasteiger partial charge on any atom is 0.123 e. The van der Waals surface area contributed by atoms with Gasteiger partial charge in [0.2, 0.25) is 0 Å². The highest BCUT2D eigenvalue weighted by Gasteiger charge is 2.34. The molecular formula is C22H27FN2O. The van der Waals surface area contributed by atoms with E-state index in [4.69, 9.17) is 4.74 Å². The molecule has 2 aromatic carbocycles. The number of hydrogen-bond donors (Lipinski definition) is 0. The number of hydrogen-bond acceptors (Lipinski definition) is 3. The molecule has 0 N–H and O–H groups in total. The fourth-order valence-electron chi connectivity index (χ4n) is 4.33. The zero-order chi connectivity index (χ0) is 17.8. The minimum Gasteiger partial charge on any atom is -0.492 e. The molecule has 3 heterocycles. The van der Waals surface area contributed by atoms with Gasteiger partial charge in [-0.1, -0.05) is 30.3 Å². The lowest BCUT2D eigenvalue weighted by Crippen LogP contribution is -2.45. The molecule has 3 fully saturated rings. The fourth-order valence-corrected chi connectivity index (χ4v) is 4.33. The summed E-state index contributed by atoms with van der Waals surface area (Å²) in [6, 6.07) is 17.7. The molecule has 5 rings (SSSR count). The third-order valence-electron chi connectivity index (χ3n) is 5.61. The van der Waals surface area contributed by atoms with Gasteiger partial charge >= 0.3 is 0 Å². The summed E-state index contributed by atoms with van der Waals surface area (Å²) < 4.78 is 18.8. The van der Waals surface area contributed by atoms with Crippen molar-refractivity contribution >= 4 is 0 Å². The van der Waals surface area contributed by atoms with Crippen LogP contribution in [-0.4, -0.2) is 48.6 Å². The minimum atomic E-state index is -0.222. The maximum absolute atomic E-state index is 13.0. The zero-order valence-electron chi connectivity index (χ0n) is 15.2. The number of benzene rings is 2. The molecule has 0 saturated carbocycles. The number of nitrogens with zero attached hydrogens (tertiary/aromatic N) is 2. The van der Waals surface area contributed by atoms with Crippen molar-refractivity contribution in [3.63, 3.8) is 0 Å². The second-order valence-corrected chi connectivity index (χ2v) is 7.57. The van der Waals surface area contributed by atoms with E-state index in [0.717, 1.165) is 31.3 Å². The van der Waals surface area contributed by atoms with Crippen molar-refractivity contribution in [1.82, 2.24) is 9.80 Å². The van der Waals surface area contributed by atoms with Gasteiger partial charge < -0.3 is 4.74 Å². The second-order valence-electron chi connectivity index (χ2n) is 7.57. The van der Waals surface area contributed by atoms with Crippen LogP contribution >= 0.6 is 0 Å². The van der Waals surface area contributed by atoms with Gasteiger partial charge in [0.1, 0.15) is 18.2 Å². The largest absolute Gasteiger partial charge is 0.492 e. The van der Waals surface area contributed by atoms with Crippen molar-refractivity contribution in [2.45, 2.75) is 25.4 Å². The highest BCUT2D eigenvalue weighted by atomic mass is 19.1. The number of ether oxygens (including phenoxy) is 1. The van der Waals surface area contributed by atoms with Crippen LogP contribution in [0.3, 0.4) is 0 Å². The molecule has 0 spiro atoms. The van der Waals surface area contributed by atoms with Crippen LogP contribution < -0.4 is 4.74 Å². The van der Waals surface area contributed by atoms with Gasteiger partial charge in [0, 0.05) is 38.8 Å². The molecule has 0 aromatic heterocycles. The number of fused-ring (bicyclic) bond motifs is 4. The molecule has 2 aromatic rings. The van der Waals surface area contributed by atoms with Gasteiger partial charge in [-0.25, -0.2) is 4.39 Å². The van der Waals surface area contributed by atoms with E-state index >= 15 is 0 Å². The SMILES string of the molecule is Fc1ccc(OCCN2C[C@H]3CC[C@@H]2CN(Cc2ccccc2)C3)cc1. The van der Waals surface area contributed by atoms with Crippen molar-refractivity contribution in [1.29, 1.82) is 0 Å². The highest BCUT2D eigenvalue weighted by molar-refractivity contribution is 5.22. The molecule has 0 unspecified atom stereocenters. The van der Waals surface area contributed by atoms with Crippen molar-refractivity contribution in [2.75, 3.05) is 32.8 Å². The third-order valence-corrected chi connectivity index (χ3v) is 5.61. The Morgan fingerprint density at radius 1 is 0.923 bits per heavy atom. The van der Waals surface area contributed by atoms with E-state index in [1.54, 1.807) is 12.1 Å². The lowest BCUT2D eigenvalue weighted by molar-refractivity contribution is 0.109. The Kier molecular flexibility index (Phi) is 5.51. The Labute approximate surface area is 155 Å². The molecule has 138 valence electrons. The van der Waals surface area contributed by atoms with Crippen molar-refractivity contribution < 1.29 is 9.13 Å². The number of halogens is 1. The molecule has 0 aliphatic carbocycles. The summed E-state index contributed by atoms with van der Waals surface area (Å²) in [6.45, 7) is 6.16. The Hall–Kier alpha value is -1.91. The smallest absolute Gasteiger partial charge is 0.123 e. The summed E-state index contributed by atoms with van der Waals surface area (Å²) in [4.78, 5) is 5.22. The van der Waals surface area contributed by atoms with E-state index in [-0.39, 0.29) is 5.82 Å². The molecule has 26 heavy (non-hydrogen) atoms. The molecule has 0 amide bonds. The molecular weight excluding hydrogens is 327 g/mol. The van der Waals surface area contributed by atoms with Gasteiger partial charge in [-0.3, -0.25) is 9.80 Å². The molecule has 0 radical (unpaired) electrons. The van der Waals surface area contributed by atoms with Crippen LogP contribution in [0, 0.1) is 11.7 Å². The Bertz CT molecular complexity index is 691. The normalized spacial score (nSPS) is 23.7. The van der Waals surface area contributed by atoms with E-state index in [9.17, 15) is 4.39 Å². The van der Waals surface area contributed by atoms with Crippen molar-refractivity contribution in [3.8, 4) is 5.75 Å². The van der Waals surface area contributed by atoms with Crippen LogP contribution in [-0.2, 0) is 6.54 Å². The molecule has 4 heteroatoms. The summed E-state index contributed by atoms with van der Waals surface area (Å²) in [7, 11) is 0. The summed E-state index contributed by atoms with van der Waals surface area (Å²) in [5, 5.41) is 0.